The van der Waals surface area contributed by atoms with Gasteiger partial charge in [-0.15, -0.1) is 11.8 Å². The lowest BCUT2D eigenvalue weighted by Crippen LogP contribution is -2.48. The predicted octanol–water partition coefficient (Wildman–Crippen LogP) is 5.15. The second-order valence-corrected chi connectivity index (χ2v) is 9.09. The summed E-state index contributed by atoms with van der Waals surface area (Å²) >= 11 is 7.44. The first-order chi connectivity index (χ1) is 14.3. The Morgan fingerprint density at radius 1 is 1.10 bits per heavy atom. The number of halogens is 2. The molecule has 2 amide bonds. The molecule has 0 saturated heterocycles. The van der Waals surface area contributed by atoms with Crippen LogP contribution in [0.4, 0.5) is 4.39 Å². The normalized spacial score (nSPS) is 11.9. The van der Waals surface area contributed by atoms with Gasteiger partial charge in [-0.3, -0.25) is 9.59 Å². The number of hydrogen-bond acceptors (Lipinski definition) is 3. The lowest BCUT2D eigenvalue weighted by molar-refractivity contribution is -0.140. The summed E-state index contributed by atoms with van der Waals surface area (Å²) in [5.41, 5.74) is 0.389. The van der Waals surface area contributed by atoms with Crippen LogP contribution >= 0.6 is 23.4 Å². The second kappa shape index (κ2) is 12.0. The molecule has 162 valence electrons. The Morgan fingerprint density at radius 3 is 2.40 bits per heavy atom. The molecule has 0 radical (unpaired) electrons. The van der Waals surface area contributed by atoms with Crippen molar-refractivity contribution in [3.8, 4) is 0 Å². The molecule has 1 atom stereocenters. The van der Waals surface area contributed by atoms with Crippen LogP contribution in [-0.4, -0.2) is 35.1 Å². The van der Waals surface area contributed by atoms with Gasteiger partial charge < -0.3 is 10.2 Å². The Kier molecular flexibility index (Phi) is 9.66. The maximum atomic E-state index is 14.2. The molecule has 0 spiro atoms. The van der Waals surface area contributed by atoms with Gasteiger partial charge in [0.25, 0.3) is 0 Å². The van der Waals surface area contributed by atoms with Gasteiger partial charge in [0.05, 0.1) is 0 Å². The van der Waals surface area contributed by atoms with Crippen LogP contribution in [0.25, 0.3) is 0 Å². The monoisotopic (exact) mass is 450 g/mol. The van der Waals surface area contributed by atoms with Gasteiger partial charge in [-0.1, -0.05) is 43.6 Å². The maximum absolute atomic E-state index is 14.2. The van der Waals surface area contributed by atoms with Crippen molar-refractivity contribution in [3.05, 3.63) is 64.9 Å². The van der Waals surface area contributed by atoms with Crippen molar-refractivity contribution in [1.82, 2.24) is 10.2 Å². The first-order valence-electron chi connectivity index (χ1n) is 9.97. The van der Waals surface area contributed by atoms with E-state index in [1.165, 1.54) is 22.7 Å². The van der Waals surface area contributed by atoms with E-state index in [4.69, 9.17) is 11.6 Å². The van der Waals surface area contributed by atoms with Crippen LogP contribution in [0.5, 0.6) is 0 Å². The van der Waals surface area contributed by atoms with Crippen LogP contribution in [0.3, 0.4) is 0 Å². The molecule has 0 aliphatic carbocycles. The van der Waals surface area contributed by atoms with E-state index in [2.05, 4.69) is 5.32 Å². The Bertz CT molecular complexity index is 845. The van der Waals surface area contributed by atoms with Crippen molar-refractivity contribution in [2.24, 2.45) is 5.92 Å². The van der Waals surface area contributed by atoms with E-state index in [1.807, 2.05) is 26.0 Å². The topological polar surface area (TPSA) is 49.4 Å². The second-order valence-electron chi connectivity index (χ2n) is 7.48. The lowest BCUT2D eigenvalue weighted by Gasteiger charge is -2.29. The average Bonchev–Trinajstić information content (AvgIpc) is 2.72. The number of benzene rings is 2. The summed E-state index contributed by atoms with van der Waals surface area (Å²) in [4.78, 5) is 28.0. The predicted molar refractivity (Wildman–Crippen MR) is 121 cm³/mol. The van der Waals surface area contributed by atoms with E-state index in [0.717, 1.165) is 4.90 Å². The number of carbonyl (C=O) groups excluding carboxylic acids is 2. The first-order valence-corrected chi connectivity index (χ1v) is 11.3. The number of nitrogens with zero attached hydrogens (tertiary/aromatic N) is 1. The van der Waals surface area contributed by atoms with Crippen LogP contribution in [-0.2, 0) is 16.1 Å². The van der Waals surface area contributed by atoms with Crippen LogP contribution < -0.4 is 5.32 Å². The molecule has 7 heteroatoms. The summed E-state index contributed by atoms with van der Waals surface area (Å²) in [5, 5.41) is 3.52. The molecule has 2 aromatic carbocycles. The molecule has 1 unspecified atom stereocenters. The van der Waals surface area contributed by atoms with Crippen LogP contribution in [0.1, 0.15) is 32.8 Å². The van der Waals surface area contributed by atoms with Crippen molar-refractivity contribution in [3.63, 3.8) is 0 Å². The Morgan fingerprint density at radius 2 is 1.77 bits per heavy atom. The minimum atomic E-state index is -0.698. The molecular weight excluding hydrogens is 423 g/mol. The van der Waals surface area contributed by atoms with Gasteiger partial charge in [0, 0.05) is 40.7 Å². The van der Waals surface area contributed by atoms with Crippen molar-refractivity contribution >= 4 is 35.2 Å². The van der Waals surface area contributed by atoms with Gasteiger partial charge >= 0.3 is 0 Å². The quantitative estimate of drug-likeness (QED) is 0.509. The van der Waals surface area contributed by atoms with Crippen molar-refractivity contribution in [2.75, 3.05) is 12.3 Å². The van der Waals surface area contributed by atoms with E-state index >= 15 is 0 Å². The zero-order valence-electron chi connectivity index (χ0n) is 17.5. The summed E-state index contributed by atoms with van der Waals surface area (Å²) in [7, 11) is 0. The summed E-state index contributed by atoms with van der Waals surface area (Å²) in [5.74, 6) is 0.0353. The molecule has 0 aliphatic heterocycles. The zero-order chi connectivity index (χ0) is 22.1. The molecule has 0 bridgehead atoms. The third kappa shape index (κ3) is 7.65. The average molecular weight is 451 g/mol. The Hall–Kier alpha value is -2.05. The highest BCUT2D eigenvalue weighted by atomic mass is 35.5. The van der Waals surface area contributed by atoms with Crippen LogP contribution in [0.2, 0.25) is 5.02 Å². The fraction of sp³-hybridized carbons (Fsp3) is 0.391. The number of nitrogens with one attached hydrogen (secondary N) is 1. The largest absolute Gasteiger partial charge is 0.354 e. The standard InChI is InChI=1S/C23H28ClFN2O2S/c1-16(2)14-26-23(29)17(3)27(15-18-6-4-5-7-21(18)25)22(28)12-13-30-20-10-8-19(24)9-11-20/h4-11,16-17H,12-15H2,1-3H3,(H,26,29). The van der Waals surface area contributed by atoms with Gasteiger partial charge in [-0.05, 0) is 43.2 Å². The molecule has 0 heterocycles. The lowest BCUT2D eigenvalue weighted by atomic mass is 10.1. The number of thioether (sulfide) groups is 1. The summed E-state index contributed by atoms with van der Waals surface area (Å²) in [6.45, 7) is 6.26. The van der Waals surface area contributed by atoms with Gasteiger partial charge in [0.1, 0.15) is 11.9 Å². The molecule has 4 nitrogen and oxygen atoms in total. The number of hydrogen-bond donors (Lipinski definition) is 1. The molecular formula is C23H28ClFN2O2S. The van der Waals surface area contributed by atoms with E-state index < -0.39 is 6.04 Å². The molecule has 2 rings (SSSR count). The first kappa shape index (κ1) is 24.2. The molecule has 2 aromatic rings. The van der Waals surface area contributed by atoms with E-state index in [9.17, 15) is 14.0 Å². The van der Waals surface area contributed by atoms with E-state index in [0.29, 0.717) is 28.8 Å². The minimum Gasteiger partial charge on any atom is -0.354 e. The van der Waals surface area contributed by atoms with Gasteiger partial charge in [-0.25, -0.2) is 4.39 Å². The minimum absolute atomic E-state index is 0.0490. The highest BCUT2D eigenvalue weighted by Crippen LogP contribution is 2.22. The number of amides is 2. The highest BCUT2D eigenvalue weighted by molar-refractivity contribution is 7.99. The molecule has 0 aliphatic rings. The molecule has 1 N–H and O–H groups in total. The third-order valence-electron chi connectivity index (χ3n) is 4.55. The van der Waals surface area contributed by atoms with Crippen molar-refractivity contribution in [1.29, 1.82) is 0 Å². The maximum Gasteiger partial charge on any atom is 0.242 e. The van der Waals surface area contributed by atoms with Crippen molar-refractivity contribution in [2.45, 2.75) is 44.7 Å². The van der Waals surface area contributed by atoms with Gasteiger partial charge in [0.2, 0.25) is 11.8 Å². The summed E-state index contributed by atoms with van der Waals surface area (Å²) < 4.78 is 14.2. The zero-order valence-corrected chi connectivity index (χ0v) is 19.1. The SMILES string of the molecule is CC(C)CNC(=O)C(C)N(Cc1ccccc1F)C(=O)CCSc1ccc(Cl)cc1. The Labute approximate surface area is 187 Å². The van der Waals surface area contributed by atoms with Crippen molar-refractivity contribution < 1.29 is 14.0 Å². The number of carbonyl (C=O) groups is 2. The van der Waals surface area contributed by atoms with E-state index in [1.54, 1.807) is 37.3 Å². The van der Waals surface area contributed by atoms with Crippen LogP contribution in [0, 0.1) is 11.7 Å². The highest BCUT2D eigenvalue weighted by Gasteiger charge is 2.26. The fourth-order valence-electron chi connectivity index (χ4n) is 2.78. The summed E-state index contributed by atoms with van der Waals surface area (Å²) in [6, 6.07) is 13.0. The molecule has 30 heavy (non-hydrogen) atoms. The van der Waals surface area contributed by atoms with E-state index in [-0.39, 0.29) is 30.6 Å². The van der Waals surface area contributed by atoms with Crippen LogP contribution in [0.15, 0.2) is 53.4 Å². The summed E-state index contributed by atoms with van der Waals surface area (Å²) in [6.07, 6.45) is 0.240. The molecule has 0 fully saturated rings. The molecule has 0 saturated carbocycles. The van der Waals surface area contributed by atoms with Gasteiger partial charge in [-0.2, -0.15) is 0 Å². The number of rotatable bonds is 10. The fourth-order valence-corrected chi connectivity index (χ4v) is 3.74. The Balaban J connectivity index is 2.06. The van der Waals surface area contributed by atoms with Gasteiger partial charge in [0.15, 0.2) is 0 Å². The smallest absolute Gasteiger partial charge is 0.242 e. The molecule has 0 aromatic heterocycles. The third-order valence-corrected chi connectivity index (χ3v) is 5.81.